The molecule has 1 aromatic rings. The fourth-order valence-electron chi connectivity index (χ4n) is 2.73. The summed E-state index contributed by atoms with van der Waals surface area (Å²) < 4.78 is 63.5. The minimum Gasteiger partial charge on any atom is -0.442 e. The molecule has 0 spiro atoms. The topological polar surface area (TPSA) is 83.5 Å². The number of alkyl halides is 2. The Kier molecular flexibility index (Phi) is 5.97. The molecule has 0 bridgehead atoms. The van der Waals surface area contributed by atoms with Gasteiger partial charge in [0.25, 0.3) is 5.91 Å². The standard InChI is InChI=1S/C16H16F4N4O4/c17-11-5-9(6-12(18)13(11)24-2-4-27-3-1-22-24)23-8-10(28-16(23)26)7-21-15(25)14(19)20/h1,5-6,10,14H,2-4,7-8H2,(H,21,25). The lowest BCUT2D eigenvalue weighted by Gasteiger charge is -2.20. The number of ether oxygens (including phenoxy) is 2. The number of nitrogens with zero attached hydrogens (tertiary/aromatic N) is 3. The van der Waals surface area contributed by atoms with Gasteiger partial charge < -0.3 is 14.8 Å². The average Bonchev–Trinajstić information content (AvgIpc) is 2.83. The van der Waals surface area contributed by atoms with Gasteiger partial charge in [0, 0.05) is 12.1 Å². The van der Waals surface area contributed by atoms with Crippen molar-refractivity contribution in [3.8, 4) is 0 Å². The van der Waals surface area contributed by atoms with Crippen LogP contribution in [0.4, 0.5) is 33.7 Å². The first kappa shape index (κ1) is 19.9. The Hall–Kier alpha value is -2.89. The van der Waals surface area contributed by atoms with Crippen molar-refractivity contribution in [1.29, 1.82) is 0 Å². The maximum absolute atomic E-state index is 14.5. The van der Waals surface area contributed by atoms with Crippen LogP contribution in [0.1, 0.15) is 0 Å². The van der Waals surface area contributed by atoms with Crippen molar-refractivity contribution in [2.75, 3.05) is 42.8 Å². The van der Waals surface area contributed by atoms with E-state index in [1.807, 2.05) is 5.32 Å². The van der Waals surface area contributed by atoms with Gasteiger partial charge in [0.2, 0.25) is 0 Å². The Bertz CT molecular complexity index is 769. The summed E-state index contributed by atoms with van der Waals surface area (Å²) >= 11 is 0. The number of carbonyl (C=O) groups is 2. The summed E-state index contributed by atoms with van der Waals surface area (Å²) in [5, 5.41) is 6.96. The molecule has 2 heterocycles. The molecule has 28 heavy (non-hydrogen) atoms. The van der Waals surface area contributed by atoms with Crippen LogP contribution in [-0.4, -0.2) is 63.6 Å². The Balaban J connectivity index is 1.73. The van der Waals surface area contributed by atoms with Crippen LogP contribution >= 0.6 is 0 Å². The molecule has 0 aromatic heterocycles. The summed E-state index contributed by atoms with van der Waals surface area (Å²) in [6, 6.07) is 1.89. The van der Waals surface area contributed by atoms with Gasteiger partial charge in [-0.2, -0.15) is 13.9 Å². The number of benzene rings is 1. The number of hydrogen-bond donors (Lipinski definition) is 1. The Morgan fingerprint density at radius 1 is 1.32 bits per heavy atom. The van der Waals surface area contributed by atoms with E-state index in [4.69, 9.17) is 9.47 Å². The van der Waals surface area contributed by atoms with E-state index in [9.17, 15) is 27.2 Å². The maximum atomic E-state index is 14.5. The molecule has 152 valence electrons. The highest BCUT2D eigenvalue weighted by Gasteiger charge is 2.34. The van der Waals surface area contributed by atoms with Crippen LogP contribution < -0.4 is 15.2 Å². The maximum Gasteiger partial charge on any atom is 0.414 e. The van der Waals surface area contributed by atoms with Crippen molar-refractivity contribution in [1.82, 2.24) is 5.32 Å². The molecule has 0 radical (unpaired) electrons. The predicted octanol–water partition coefficient (Wildman–Crippen LogP) is 1.49. The number of cyclic esters (lactones) is 1. The van der Waals surface area contributed by atoms with E-state index in [-0.39, 0.29) is 44.2 Å². The number of nitrogens with one attached hydrogen (secondary N) is 1. The molecule has 2 aliphatic rings. The summed E-state index contributed by atoms with van der Waals surface area (Å²) in [5.41, 5.74) is -0.500. The number of carbonyl (C=O) groups excluding carboxylic acids is 2. The molecule has 1 fully saturated rings. The molecule has 0 saturated carbocycles. The zero-order valence-electron chi connectivity index (χ0n) is 14.4. The van der Waals surface area contributed by atoms with Crippen molar-refractivity contribution in [2.45, 2.75) is 12.5 Å². The summed E-state index contributed by atoms with van der Waals surface area (Å²) in [5.74, 6) is -3.40. The van der Waals surface area contributed by atoms with Gasteiger partial charge in [-0.3, -0.25) is 14.7 Å². The van der Waals surface area contributed by atoms with E-state index in [1.54, 1.807) is 0 Å². The third kappa shape index (κ3) is 4.32. The van der Waals surface area contributed by atoms with E-state index >= 15 is 0 Å². The molecule has 1 saturated heterocycles. The molecule has 12 heteroatoms. The third-order valence-electron chi connectivity index (χ3n) is 4.01. The van der Waals surface area contributed by atoms with E-state index < -0.39 is 36.2 Å². The van der Waals surface area contributed by atoms with Crippen LogP contribution in [0.15, 0.2) is 17.2 Å². The van der Waals surface area contributed by atoms with Crippen molar-refractivity contribution < 1.29 is 36.6 Å². The lowest BCUT2D eigenvalue weighted by molar-refractivity contribution is -0.132. The highest BCUT2D eigenvalue weighted by molar-refractivity contribution is 5.90. The van der Waals surface area contributed by atoms with Crippen LogP contribution in [0.25, 0.3) is 0 Å². The highest BCUT2D eigenvalue weighted by Crippen LogP contribution is 2.31. The number of hydrazone groups is 1. The highest BCUT2D eigenvalue weighted by atomic mass is 19.3. The quantitative estimate of drug-likeness (QED) is 0.752. The summed E-state index contributed by atoms with van der Waals surface area (Å²) in [6.45, 7) is 0.0701. The first-order valence-corrected chi connectivity index (χ1v) is 8.27. The van der Waals surface area contributed by atoms with Gasteiger partial charge >= 0.3 is 12.5 Å². The summed E-state index contributed by atoms with van der Waals surface area (Å²) in [7, 11) is 0. The zero-order valence-corrected chi connectivity index (χ0v) is 14.4. The zero-order chi connectivity index (χ0) is 20.3. The lowest BCUT2D eigenvalue weighted by atomic mass is 10.2. The van der Waals surface area contributed by atoms with Crippen molar-refractivity contribution in [3.05, 3.63) is 23.8 Å². The van der Waals surface area contributed by atoms with Gasteiger partial charge in [-0.05, 0) is 0 Å². The number of halogens is 4. The van der Waals surface area contributed by atoms with Crippen LogP contribution in [-0.2, 0) is 14.3 Å². The van der Waals surface area contributed by atoms with E-state index in [2.05, 4.69) is 5.10 Å². The minimum absolute atomic E-state index is 0.110. The average molecular weight is 404 g/mol. The van der Waals surface area contributed by atoms with Gasteiger partial charge in [-0.1, -0.05) is 0 Å². The molecule has 1 atom stereocenters. The lowest BCUT2D eigenvalue weighted by Crippen LogP contribution is -2.37. The van der Waals surface area contributed by atoms with Crippen molar-refractivity contribution in [2.24, 2.45) is 5.10 Å². The SMILES string of the molecule is O=C(NCC1CN(c2cc(F)c(N3CCOCC=N3)c(F)c2)C(=O)O1)C(F)F. The van der Waals surface area contributed by atoms with Gasteiger partial charge in [0.1, 0.15) is 11.8 Å². The second-order valence-corrected chi connectivity index (χ2v) is 5.92. The van der Waals surface area contributed by atoms with E-state index in [0.29, 0.717) is 0 Å². The molecule has 2 amide bonds. The Morgan fingerprint density at radius 2 is 2.04 bits per heavy atom. The third-order valence-corrected chi connectivity index (χ3v) is 4.01. The monoisotopic (exact) mass is 404 g/mol. The Labute approximate surface area is 156 Å². The van der Waals surface area contributed by atoms with Crippen LogP contribution in [0.5, 0.6) is 0 Å². The number of amides is 2. The van der Waals surface area contributed by atoms with Crippen molar-refractivity contribution >= 4 is 29.6 Å². The molecule has 2 aliphatic heterocycles. The van der Waals surface area contributed by atoms with Gasteiger partial charge in [0.15, 0.2) is 11.6 Å². The smallest absolute Gasteiger partial charge is 0.414 e. The molecule has 0 aliphatic carbocycles. The van der Waals surface area contributed by atoms with E-state index in [0.717, 1.165) is 22.0 Å². The fraction of sp³-hybridized carbons (Fsp3) is 0.438. The molecular formula is C16H16F4N4O4. The van der Waals surface area contributed by atoms with Crippen LogP contribution in [0.2, 0.25) is 0 Å². The van der Waals surface area contributed by atoms with Crippen LogP contribution in [0.3, 0.4) is 0 Å². The molecule has 1 aromatic carbocycles. The van der Waals surface area contributed by atoms with Gasteiger partial charge in [-0.15, -0.1) is 0 Å². The molecule has 8 nitrogen and oxygen atoms in total. The fourth-order valence-corrected chi connectivity index (χ4v) is 2.73. The number of rotatable bonds is 5. The molecular weight excluding hydrogens is 388 g/mol. The number of hydrogen-bond acceptors (Lipinski definition) is 6. The normalized spacial score (nSPS) is 19.8. The van der Waals surface area contributed by atoms with Crippen molar-refractivity contribution in [3.63, 3.8) is 0 Å². The molecule has 3 rings (SSSR count). The predicted molar refractivity (Wildman–Crippen MR) is 89.6 cm³/mol. The van der Waals surface area contributed by atoms with Gasteiger partial charge in [-0.25, -0.2) is 13.6 Å². The molecule has 1 N–H and O–H groups in total. The second-order valence-electron chi connectivity index (χ2n) is 5.92. The van der Waals surface area contributed by atoms with Crippen LogP contribution in [0, 0.1) is 11.6 Å². The first-order valence-electron chi connectivity index (χ1n) is 8.27. The summed E-state index contributed by atoms with van der Waals surface area (Å²) in [4.78, 5) is 23.8. The first-order chi connectivity index (χ1) is 13.4. The second kappa shape index (κ2) is 8.42. The largest absolute Gasteiger partial charge is 0.442 e. The number of anilines is 2. The molecule has 1 unspecified atom stereocenters. The Morgan fingerprint density at radius 3 is 2.71 bits per heavy atom. The van der Waals surface area contributed by atoms with Gasteiger partial charge in [0.05, 0.1) is 44.8 Å². The minimum atomic E-state index is -3.20. The van der Waals surface area contributed by atoms with E-state index in [1.165, 1.54) is 6.21 Å². The summed E-state index contributed by atoms with van der Waals surface area (Å²) in [6.07, 6.45) is -3.68.